The molecule has 0 spiro atoms. The Hall–Kier alpha value is -2.37. The van der Waals surface area contributed by atoms with E-state index in [0.717, 1.165) is 6.20 Å². The number of hydrogen-bond acceptors (Lipinski definition) is 4. The van der Waals surface area contributed by atoms with Crippen molar-refractivity contribution in [3.05, 3.63) is 35.8 Å². The van der Waals surface area contributed by atoms with E-state index >= 15 is 0 Å². The van der Waals surface area contributed by atoms with Crippen molar-refractivity contribution in [2.75, 3.05) is 7.11 Å². The maximum atomic E-state index is 13.4. The van der Waals surface area contributed by atoms with Gasteiger partial charge in [0, 0.05) is 0 Å². The topological polar surface area (TPSA) is 72.6 Å². The number of carbonyl (C=O) groups is 1. The lowest BCUT2D eigenvalue weighted by atomic mass is 10.1. The van der Waals surface area contributed by atoms with Crippen molar-refractivity contribution in [1.82, 2.24) is 5.16 Å². The number of rotatable bonds is 3. The van der Waals surface area contributed by atoms with E-state index in [1.807, 2.05) is 0 Å². The molecule has 0 aliphatic carbocycles. The van der Waals surface area contributed by atoms with Crippen molar-refractivity contribution in [3.8, 4) is 17.1 Å². The smallest absolute Gasteiger partial charge is 0.341 e. The summed E-state index contributed by atoms with van der Waals surface area (Å²) in [6.07, 6.45) is 1.06. The second kappa shape index (κ2) is 4.25. The number of halogens is 1. The monoisotopic (exact) mass is 237 g/mol. The van der Waals surface area contributed by atoms with Crippen LogP contribution in [0.3, 0.4) is 0 Å². The zero-order chi connectivity index (χ0) is 12.4. The second-order valence-corrected chi connectivity index (χ2v) is 3.19. The van der Waals surface area contributed by atoms with E-state index < -0.39 is 11.8 Å². The molecule has 88 valence electrons. The number of methoxy groups -OCH3 is 1. The van der Waals surface area contributed by atoms with E-state index in [1.165, 1.54) is 25.3 Å². The molecule has 0 atom stereocenters. The summed E-state index contributed by atoms with van der Waals surface area (Å²) in [7, 11) is 1.29. The van der Waals surface area contributed by atoms with E-state index in [1.54, 1.807) is 0 Å². The number of hydrogen-bond donors (Lipinski definition) is 1. The summed E-state index contributed by atoms with van der Waals surface area (Å²) in [4.78, 5) is 10.9. The van der Waals surface area contributed by atoms with Gasteiger partial charge >= 0.3 is 5.97 Å². The summed E-state index contributed by atoms with van der Waals surface area (Å²) >= 11 is 0. The number of aromatic nitrogens is 1. The van der Waals surface area contributed by atoms with Crippen LogP contribution in [0.1, 0.15) is 10.4 Å². The lowest BCUT2D eigenvalue weighted by Gasteiger charge is -2.06. The fraction of sp³-hybridized carbons (Fsp3) is 0.0909. The maximum absolute atomic E-state index is 13.4. The molecular formula is C11H8FNO4. The molecule has 17 heavy (non-hydrogen) atoms. The van der Waals surface area contributed by atoms with Crippen LogP contribution >= 0.6 is 0 Å². The molecule has 0 aliphatic heterocycles. The number of aromatic carboxylic acids is 1. The van der Waals surface area contributed by atoms with Crippen LogP contribution in [-0.4, -0.2) is 23.3 Å². The third-order valence-corrected chi connectivity index (χ3v) is 2.22. The molecule has 0 amide bonds. The van der Waals surface area contributed by atoms with E-state index in [4.69, 9.17) is 14.4 Å². The second-order valence-electron chi connectivity index (χ2n) is 3.19. The molecule has 1 aromatic carbocycles. The van der Waals surface area contributed by atoms with Crippen LogP contribution in [0.25, 0.3) is 11.3 Å². The molecule has 6 heteroatoms. The minimum absolute atomic E-state index is 0.0335. The normalized spacial score (nSPS) is 10.2. The van der Waals surface area contributed by atoms with Crippen LogP contribution in [0.4, 0.5) is 4.39 Å². The minimum Gasteiger partial charge on any atom is -0.493 e. The maximum Gasteiger partial charge on any atom is 0.341 e. The Labute approximate surface area is 95.4 Å². The molecule has 2 rings (SSSR count). The largest absolute Gasteiger partial charge is 0.493 e. The van der Waals surface area contributed by atoms with Crippen molar-refractivity contribution in [3.63, 3.8) is 0 Å². The quantitative estimate of drug-likeness (QED) is 0.885. The Kier molecular flexibility index (Phi) is 2.78. The fourth-order valence-electron chi connectivity index (χ4n) is 1.48. The highest BCUT2D eigenvalue weighted by molar-refractivity contribution is 5.94. The molecule has 1 N–H and O–H groups in total. The first-order valence-corrected chi connectivity index (χ1v) is 4.66. The Morgan fingerprint density at radius 1 is 1.53 bits per heavy atom. The van der Waals surface area contributed by atoms with Crippen molar-refractivity contribution in [1.29, 1.82) is 0 Å². The average molecular weight is 237 g/mol. The Morgan fingerprint density at radius 3 is 2.94 bits per heavy atom. The van der Waals surface area contributed by atoms with E-state index in [9.17, 15) is 9.18 Å². The third-order valence-electron chi connectivity index (χ3n) is 2.22. The van der Waals surface area contributed by atoms with Gasteiger partial charge in [0.25, 0.3) is 0 Å². The summed E-state index contributed by atoms with van der Waals surface area (Å²) in [5, 5.41) is 12.3. The van der Waals surface area contributed by atoms with Crippen LogP contribution < -0.4 is 4.74 Å². The number of nitrogens with zero attached hydrogens (tertiary/aromatic N) is 1. The Balaban J connectivity index is 2.64. The fourth-order valence-corrected chi connectivity index (χ4v) is 1.48. The van der Waals surface area contributed by atoms with E-state index in [0.29, 0.717) is 0 Å². The van der Waals surface area contributed by atoms with E-state index in [-0.39, 0.29) is 22.6 Å². The zero-order valence-electron chi connectivity index (χ0n) is 8.81. The number of benzene rings is 1. The molecule has 0 saturated heterocycles. The van der Waals surface area contributed by atoms with Gasteiger partial charge in [0.05, 0.1) is 18.9 Å². The van der Waals surface area contributed by atoms with Gasteiger partial charge < -0.3 is 14.4 Å². The molecular weight excluding hydrogens is 229 g/mol. The SMILES string of the molecule is COc1c(F)cccc1-c1oncc1C(=O)O. The van der Waals surface area contributed by atoms with Crippen LogP contribution in [0.2, 0.25) is 0 Å². The first kappa shape index (κ1) is 11.1. The van der Waals surface area contributed by atoms with Gasteiger partial charge in [0.2, 0.25) is 0 Å². The standard InChI is InChI=1S/C11H8FNO4/c1-16-10-6(3-2-4-8(10)12)9-7(11(14)15)5-13-17-9/h2-5H,1H3,(H,14,15). The van der Waals surface area contributed by atoms with Crippen LogP contribution in [0.5, 0.6) is 5.75 Å². The predicted octanol–water partition coefficient (Wildman–Crippen LogP) is 2.19. The van der Waals surface area contributed by atoms with Gasteiger partial charge in [-0.2, -0.15) is 0 Å². The molecule has 0 unspecified atom stereocenters. The first-order valence-electron chi connectivity index (χ1n) is 4.66. The van der Waals surface area contributed by atoms with Gasteiger partial charge in [-0.3, -0.25) is 0 Å². The predicted molar refractivity (Wildman–Crippen MR) is 55.4 cm³/mol. The number of carboxylic acid groups (broad SMARTS) is 1. The Bertz CT molecular complexity index is 564. The van der Waals surface area contributed by atoms with Crippen molar-refractivity contribution >= 4 is 5.97 Å². The van der Waals surface area contributed by atoms with Crippen LogP contribution in [0.15, 0.2) is 28.9 Å². The first-order chi connectivity index (χ1) is 8.15. The van der Waals surface area contributed by atoms with Gasteiger partial charge in [-0.1, -0.05) is 11.2 Å². The number of para-hydroxylation sites is 1. The Morgan fingerprint density at radius 2 is 2.29 bits per heavy atom. The molecule has 2 aromatic rings. The van der Waals surface area contributed by atoms with Gasteiger partial charge in [0.15, 0.2) is 17.3 Å². The molecule has 1 heterocycles. The molecule has 0 aliphatic rings. The molecule has 0 saturated carbocycles. The lowest BCUT2D eigenvalue weighted by Crippen LogP contribution is -1.98. The summed E-state index contributed by atoms with van der Waals surface area (Å²) in [5.74, 6) is -1.91. The van der Waals surface area contributed by atoms with Gasteiger partial charge in [-0.05, 0) is 12.1 Å². The number of ether oxygens (including phenoxy) is 1. The summed E-state index contributed by atoms with van der Waals surface area (Å²) < 4.78 is 23.2. The average Bonchev–Trinajstić information content (AvgIpc) is 2.77. The molecule has 1 aromatic heterocycles. The minimum atomic E-state index is -1.20. The molecule has 0 radical (unpaired) electrons. The lowest BCUT2D eigenvalue weighted by molar-refractivity contribution is 0.0697. The van der Waals surface area contributed by atoms with Crippen LogP contribution in [-0.2, 0) is 0 Å². The van der Waals surface area contributed by atoms with Crippen molar-refractivity contribution in [2.24, 2.45) is 0 Å². The highest BCUT2D eigenvalue weighted by atomic mass is 19.1. The van der Waals surface area contributed by atoms with Crippen LogP contribution in [0, 0.1) is 5.82 Å². The van der Waals surface area contributed by atoms with E-state index in [2.05, 4.69) is 5.16 Å². The summed E-state index contributed by atoms with van der Waals surface area (Å²) in [6.45, 7) is 0. The molecule has 5 nitrogen and oxygen atoms in total. The van der Waals surface area contributed by atoms with Crippen molar-refractivity contribution < 1.29 is 23.6 Å². The number of carboxylic acids is 1. The summed E-state index contributed by atoms with van der Waals surface area (Å²) in [5.41, 5.74) is 0.0660. The van der Waals surface area contributed by atoms with Gasteiger partial charge in [-0.15, -0.1) is 0 Å². The highest BCUT2D eigenvalue weighted by Gasteiger charge is 2.21. The molecule has 0 fully saturated rings. The van der Waals surface area contributed by atoms with Gasteiger partial charge in [0.1, 0.15) is 5.56 Å². The molecule has 0 bridgehead atoms. The van der Waals surface area contributed by atoms with Crippen molar-refractivity contribution in [2.45, 2.75) is 0 Å². The zero-order valence-corrected chi connectivity index (χ0v) is 8.81. The van der Waals surface area contributed by atoms with Gasteiger partial charge in [-0.25, -0.2) is 9.18 Å². The third kappa shape index (κ3) is 1.84. The highest BCUT2D eigenvalue weighted by Crippen LogP contribution is 2.34. The summed E-state index contributed by atoms with van der Waals surface area (Å²) in [6, 6.07) is 4.13.